The Balaban J connectivity index is 2.01. The van der Waals surface area contributed by atoms with Crippen molar-refractivity contribution >= 4 is 16.5 Å². The van der Waals surface area contributed by atoms with Crippen LogP contribution in [-0.4, -0.2) is 49.7 Å². The highest BCUT2D eigenvalue weighted by Crippen LogP contribution is 2.29. The average Bonchev–Trinajstić information content (AvgIpc) is 2.91. The van der Waals surface area contributed by atoms with Gasteiger partial charge in [-0.15, -0.1) is 11.3 Å². The van der Waals surface area contributed by atoms with Crippen molar-refractivity contribution in [2.24, 2.45) is 0 Å². The standard InChI is InChI=1S/C16H30N4S/c1-5-9-17-12-15-14(6-2)18-16(21-15)20(4)13-7-10-19(3)11-8-13/h13,17H,5-12H2,1-4H3. The normalized spacial score (nSPS) is 17.3. The smallest absolute Gasteiger partial charge is 0.185 e. The van der Waals surface area contributed by atoms with Crippen molar-refractivity contribution in [2.45, 2.75) is 52.1 Å². The highest BCUT2D eigenvalue weighted by molar-refractivity contribution is 7.15. The molecule has 0 saturated carbocycles. The molecule has 2 rings (SSSR count). The van der Waals surface area contributed by atoms with Crippen molar-refractivity contribution in [2.75, 3.05) is 38.6 Å². The molecule has 1 fully saturated rings. The van der Waals surface area contributed by atoms with Crippen molar-refractivity contribution in [3.63, 3.8) is 0 Å². The molecule has 5 heteroatoms. The molecule has 1 aromatic rings. The number of hydrogen-bond donors (Lipinski definition) is 1. The van der Waals surface area contributed by atoms with E-state index < -0.39 is 0 Å². The second-order valence-corrected chi connectivity index (χ2v) is 7.10. The molecule has 0 aromatic carbocycles. The van der Waals surface area contributed by atoms with Crippen LogP contribution in [0.2, 0.25) is 0 Å². The van der Waals surface area contributed by atoms with Gasteiger partial charge in [0.25, 0.3) is 0 Å². The van der Waals surface area contributed by atoms with Crippen LogP contribution in [0.1, 0.15) is 43.7 Å². The summed E-state index contributed by atoms with van der Waals surface area (Å²) in [6.45, 7) is 8.87. The summed E-state index contributed by atoms with van der Waals surface area (Å²) < 4.78 is 0. The topological polar surface area (TPSA) is 31.4 Å². The van der Waals surface area contributed by atoms with Crippen LogP contribution in [0.25, 0.3) is 0 Å². The Morgan fingerprint density at radius 3 is 2.67 bits per heavy atom. The fourth-order valence-electron chi connectivity index (χ4n) is 2.85. The molecule has 1 N–H and O–H groups in total. The predicted molar refractivity (Wildman–Crippen MR) is 92.4 cm³/mol. The van der Waals surface area contributed by atoms with Gasteiger partial charge in [0.15, 0.2) is 5.13 Å². The Morgan fingerprint density at radius 2 is 2.05 bits per heavy atom. The Labute approximate surface area is 133 Å². The zero-order chi connectivity index (χ0) is 15.2. The summed E-state index contributed by atoms with van der Waals surface area (Å²) >= 11 is 1.88. The van der Waals surface area contributed by atoms with Crippen LogP contribution in [0.4, 0.5) is 5.13 Å². The van der Waals surface area contributed by atoms with E-state index in [0.29, 0.717) is 6.04 Å². The van der Waals surface area contributed by atoms with Gasteiger partial charge in [0.05, 0.1) is 5.69 Å². The van der Waals surface area contributed by atoms with E-state index in [4.69, 9.17) is 4.98 Å². The lowest BCUT2D eigenvalue weighted by Gasteiger charge is -2.34. The minimum atomic E-state index is 0.647. The van der Waals surface area contributed by atoms with Gasteiger partial charge < -0.3 is 15.1 Å². The number of likely N-dealkylation sites (tertiary alicyclic amines) is 1. The van der Waals surface area contributed by atoms with E-state index in [2.05, 4.69) is 43.1 Å². The number of aryl methyl sites for hydroxylation is 1. The molecule has 120 valence electrons. The molecule has 0 amide bonds. The molecule has 0 spiro atoms. The summed E-state index contributed by atoms with van der Waals surface area (Å²) in [5, 5.41) is 4.71. The third-order valence-corrected chi connectivity index (χ3v) is 5.54. The van der Waals surface area contributed by atoms with Gasteiger partial charge in [0, 0.05) is 24.5 Å². The molecule has 1 aromatic heterocycles. The summed E-state index contributed by atoms with van der Waals surface area (Å²) in [5.74, 6) is 0. The van der Waals surface area contributed by atoms with Crippen LogP contribution in [0, 0.1) is 0 Å². The van der Waals surface area contributed by atoms with Gasteiger partial charge in [-0.3, -0.25) is 0 Å². The lowest BCUT2D eigenvalue weighted by molar-refractivity contribution is 0.253. The largest absolute Gasteiger partial charge is 0.348 e. The minimum Gasteiger partial charge on any atom is -0.348 e. The van der Waals surface area contributed by atoms with Crippen LogP contribution in [0.5, 0.6) is 0 Å². The van der Waals surface area contributed by atoms with Gasteiger partial charge >= 0.3 is 0 Å². The second kappa shape index (κ2) is 8.11. The van der Waals surface area contributed by atoms with Gasteiger partial charge in [-0.05, 0) is 52.4 Å². The first-order valence-corrected chi connectivity index (χ1v) is 9.08. The molecule has 0 radical (unpaired) electrons. The first kappa shape index (κ1) is 16.7. The molecule has 4 nitrogen and oxygen atoms in total. The molecule has 0 atom stereocenters. The Hall–Kier alpha value is -0.650. The van der Waals surface area contributed by atoms with Crippen LogP contribution in [0.3, 0.4) is 0 Å². The van der Waals surface area contributed by atoms with E-state index in [-0.39, 0.29) is 0 Å². The Morgan fingerprint density at radius 1 is 1.33 bits per heavy atom. The van der Waals surface area contributed by atoms with E-state index in [0.717, 1.165) is 19.5 Å². The third kappa shape index (κ3) is 4.41. The van der Waals surface area contributed by atoms with Crippen LogP contribution >= 0.6 is 11.3 Å². The molecule has 1 aliphatic rings. The van der Waals surface area contributed by atoms with E-state index in [1.54, 1.807) is 0 Å². The quantitative estimate of drug-likeness (QED) is 0.785. The molecule has 21 heavy (non-hydrogen) atoms. The van der Waals surface area contributed by atoms with Crippen molar-refractivity contribution < 1.29 is 0 Å². The van der Waals surface area contributed by atoms with Crippen molar-refractivity contribution in [1.82, 2.24) is 15.2 Å². The number of piperidine rings is 1. The van der Waals surface area contributed by atoms with Gasteiger partial charge in [0.2, 0.25) is 0 Å². The van der Waals surface area contributed by atoms with Gasteiger partial charge in [0.1, 0.15) is 0 Å². The van der Waals surface area contributed by atoms with E-state index in [1.165, 1.54) is 48.1 Å². The molecular weight excluding hydrogens is 280 g/mol. The monoisotopic (exact) mass is 310 g/mol. The zero-order valence-electron chi connectivity index (χ0n) is 14.0. The summed E-state index contributed by atoms with van der Waals surface area (Å²) in [5.41, 5.74) is 1.28. The first-order valence-electron chi connectivity index (χ1n) is 8.26. The number of rotatable bonds is 7. The first-order chi connectivity index (χ1) is 10.2. The van der Waals surface area contributed by atoms with Crippen LogP contribution in [0.15, 0.2) is 0 Å². The molecular formula is C16H30N4S. The van der Waals surface area contributed by atoms with E-state index >= 15 is 0 Å². The number of aromatic nitrogens is 1. The molecule has 0 aliphatic carbocycles. The maximum absolute atomic E-state index is 4.89. The molecule has 1 saturated heterocycles. The average molecular weight is 311 g/mol. The lowest BCUT2D eigenvalue weighted by atomic mass is 10.0. The number of thiazole rings is 1. The third-order valence-electron chi connectivity index (χ3n) is 4.35. The Kier molecular flexibility index (Phi) is 6.45. The maximum atomic E-state index is 4.89. The SMILES string of the molecule is CCCNCc1sc(N(C)C2CCN(C)CC2)nc1CC. The summed E-state index contributed by atoms with van der Waals surface area (Å²) in [6.07, 6.45) is 4.71. The fourth-order valence-corrected chi connectivity index (χ4v) is 4.00. The number of anilines is 1. The van der Waals surface area contributed by atoms with Crippen LogP contribution in [-0.2, 0) is 13.0 Å². The summed E-state index contributed by atoms with van der Waals surface area (Å²) in [7, 11) is 4.43. The number of nitrogens with zero attached hydrogens (tertiary/aromatic N) is 3. The second-order valence-electron chi connectivity index (χ2n) is 6.04. The Bertz CT molecular complexity index is 424. The number of hydrogen-bond acceptors (Lipinski definition) is 5. The zero-order valence-corrected chi connectivity index (χ0v) is 14.8. The number of nitrogens with one attached hydrogen (secondary N) is 1. The fraction of sp³-hybridized carbons (Fsp3) is 0.812. The maximum Gasteiger partial charge on any atom is 0.185 e. The van der Waals surface area contributed by atoms with Crippen molar-refractivity contribution in [3.8, 4) is 0 Å². The van der Waals surface area contributed by atoms with Crippen molar-refractivity contribution in [3.05, 3.63) is 10.6 Å². The summed E-state index contributed by atoms with van der Waals surface area (Å²) in [6, 6.07) is 0.647. The highest BCUT2D eigenvalue weighted by Gasteiger charge is 2.23. The van der Waals surface area contributed by atoms with Crippen molar-refractivity contribution in [1.29, 1.82) is 0 Å². The van der Waals surface area contributed by atoms with Gasteiger partial charge in [-0.2, -0.15) is 0 Å². The van der Waals surface area contributed by atoms with E-state index in [9.17, 15) is 0 Å². The molecule has 2 heterocycles. The van der Waals surface area contributed by atoms with Gasteiger partial charge in [-0.25, -0.2) is 4.98 Å². The van der Waals surface area contributed by atoms with Gasteiger partial charge in [-0.1, -0.05) is 13.8 Å². The van der Waals surface area contributed by atoms with E-state index in [1.807, 2.05) is 11.3 Å². The predicted octanol–water partition coefficient (Wildman–Crippen LogP) is 2.74. The summed E-state index contributed by atoms with van der Waals surface area (Å²) in [4.78, 5) is 11.1. The molecule has 1 aliphatic heterocycles. The highest BCUT2D eigenvalue weighted by atomic mass is 32.1. The minimum absolute atomic E-state index is 0.647. The lowest BCUT2D eigenvalue weighted by Crippen LogP contribution is -2.41. The molecule has 0 unspecified atom stereocenters. The molecule has 0 bridgehead atoms. The van der Waals surface area contributed by atoms with Crippen LogP contribution < -0.4 is 10.2 Å².